The van der Waals surface area contributed by atoms with Crippen LogP contribution in [-0.4, -0.2) is 29.2 Å². The smallest absolute Gasteiger partial charge is 0.254 e. The zero-order valence-corrected chi connectivity index (χ0v) is 10.6. The van der Waals surface area contributed by atoms with Crippen LogP contribution in [0.25, 0.3) is 0 Å². The van der Waals surface area contributed by atoms with E-state index in [2.05, 4.69) is 15.9 Å². The molecule has 88 valence electrons. The second kappa shape index (κ2) is 5.39. The molecule has 0 aliphatic heterocycles. The Morgan fingerprint density at radius 1 is 1.38 bits per heavy atom. The van der Waals surface area contributed by atoms with Gasteiger partial charge in [-0.25, -0.2) is 8.78 Å². The van der Waals surface area contributed by atoms with Crippen LogP contribution in [0.3, 0.4) is 0 Å². The fraction of sp³-hybridized carbons (Fsp3) is 0.364. The minimum atomic E-state index is -0.747. The SMILES string of the molecule is CC(CBr)N(C)C(=O)c1cc(F)cc(F)c1. The first kappa shape index (κ1) is 13.1. The second-order valence-electron chi connectivity index (χ2n) is 3.58. The van der Waals surface area contributed by atoms with Crippen molar-refractivity contribution in [1.82, 2.24) is 4.90 Å². The van der Waals surface area contributed by atoms with Crippen molar-refractivity contribution in [3.8, 4) is 0 Å². The van der Waals surface area contributed by atoms with Crippen LogP contribution in [0.1, 0.15) is 17.3 Å². The Hall–Kier alpha value is -0.970. The van der Waals surface area contributed by atoms with Crippen molar-refractivity contribution >= 4 is 21.8 Å². The first-order valence-corrected chi connectivity index (χ1v) is 5.87. The van der Waals surface area contributed by atoms with Gasteiger partial charge in [0, 0.05) is 30.0 Å². The van der Waals surface area contributed by atoms with E-state index in [1.165, 1.54) is 4.90 Å². The highest BCUT2D eigenvalue weighted by molar-refractivity contribution is 9.09. The molecule has 1 rings (SSSR count). The molecule has 16 heavy (non-hydrogen) atoms. The lowest BCUT2D eigenvalue weighted by atomic mass is 10.1. The monoisotopic (exact) mass is 291 g/mol. The third-order valence-electron chi connectivity index (χ3n) is 2.31. The first-order chi connectivity index (χ1) is 7.45. The largest absolute Gasteiger partial charge is 0.338 e. The quantitative estimate of drug-likeness (QED) is 0.784. The van der Waals surface area contributed by atoms with Crippen LogP contribution >= 0.6 is 15.9 Å². The number of nitrogens with zero attached hydrogens (tertiary/aromatic N) is 1. The maximum Gasteiger partial charge on any atom is 0.254 e. The third-order valence-corrected chi connectivity index (χ3v) is 3.25. The van der Waals surface area contributed by atoms with Crippen molar-refractivity contribution in [2.45, 2.75) is 13.0 Å². The number of halogens is 3. The van der Waals surface area contributed by atoms with Crippen molar-refractivity contribution in [2.75, 3.05) is 12.4 Å². The summed E-state index contributed by atoms with van der Waals surface area (Å²) in [5.41, 5.74) is 0.0211. The van der Waals surface area contributed by atoms with E-state index >= 15 is 0 Å². The minimum Gasteiger partial charge on any atom is -0.338 e. The van der Waals surface area contributed by atoms with Gasteiger partial charge in [0.25, 0.3) is 5.91 Å². The van der Waals surface area contributed by atoms with Crippen LogP contribution in [0, 0.1) is 11.6 Å². The summed E-state index contributed by atoms with van der Waals surface area (Å²) in [7, 11) is 1.59. The van der Waals surface area contributed by atoms with Crippen LogP contribution in [0.15, 0.2) is 18.2 Å². The van der Waals surface area contributed by atoms with Crippen molar-refractivity contribution in [3.63, 3.8) is 0 Å². The summed E-state index contributed by atoms with van der Waals surface area (Å²) in [5.74, 6) is -1.89. The molecule has 0 aliphatic carbocycles. The number of carbonyl (C=O) groups is 1. The van der Waals surface area contributed by atoms with Crippen molar-refractivity contribution in [2.24, 2.45) is 0 Å². The summed E-state index contributed by atoms with van der Waals surface area (Å²) >= 11 is 3.24. The Bertz CT molecular complexity index is 377. The zero-order chi connectivity index (χ0) is 12.3. The molecule has 1 amide bonds. The predicted molar refractivity (Wildman–Crippen MR) is 61.7 cm³/mol. The normalized spacial score (nSPS) is 12.3. The average molecular weight is 292 g/mol. The van der Waals surface area contributed by atoms with Gasteiger partial charge in [0.05, 0.1) is 0 Å². The molecule has 0 N–H and O–H groups in total. The lowest BCUT2D eigenvalue weighted by molar-refractivity contribution is 0.0757. The van der Waals surface area contributed by atoms with Gasteiger partial charge in [0.1, 0.15) is 11.6 Å². The molecule has 0 saturated heterocycles. The van der Waals surface area contributed by atoms with Crippen molar-refractivity contribution in [1.29, 1.82) is 0 Å². The molecule has 0 aliphatic rings. The second-order valence-corrected chi connectivity index (χ2v) is 4.22. The lowest BCUT2D eigenvalue weighted by Crippen LogP contribution is -2.36. The van der Waals surface area contributed by atoms with Gasteiger partial charge in [-0.15, -0.1) is 0 Å². The summed E-state index contributed by atoms with van der Waals surface area (Å²) < 4.78 is 25.8. The van der Waals surface area contributed by atoms with Crippen molar-refractivity contribution < 1.29 is 13.6 Å². The highest BCUT2D eigenvalue weighted by Crippen LogP contribution is 2.12. The average Bonchev–Trinajstić information content (AvgIpc) is 2.24. The zero-order valence-electron chi connectivity index (χ0n) is 9.01. The van der Waals surface area contributed by atoms with E-state index in [-0.39, 0.29) is 11.6 Å². The summed E-state index contributed by atoms with van der Waals surface area (Å²) in [6.07, 6.45) is 0. The molecule has 1 atom stereocenters. The van der Waals surface area contributed by atoms with Crippen LogP contribution < -0.4 is 0 Å². The van der Waals surface area contributed by atoms with Gasteiger partial charge >= 0.3 is 0 Å². The van der Waals surface area contributed by atoms with Crippen LogP contribution in [0.2, 0.25) is 0 Å². The van der Waals surface area contributed by atoms with Gasteiger partial charge in [-0.3, -0.25) is 4.79 Å². The maximum absolute atomic E-state index is 12.9. The Labute approximate surface area is 101 Å². The molecule has 2 nitrogen and oxygen atoms in total. The highest BCUT2D eigenvalue weighted by atomic mass is 79.9. The van der Waals surface area contributed by atoms with Gasteiger partial charge in [-0.1, -0.05) is 15.9 Å². The molecule has 1 aromatic carbocycles. The molecule has 0 spiro atoms. The van der Waals surface area contributed by atoms with Crippen LogP contribution in [0.4, 0.5) is 8.78 Å². The molecule has 0 saturated carbocycles. The van der Waals surface area contributed by atoms with Gasteiger partial charge in [0.2, 0.25) is 0 Å². The Morgan fingerprint density at radius 2 is 1.88 bits per heavy atom. The molecule has 5 heteroatoms. The van der Waals surface area contributed by atoms with Crippen LogP contribution in [0.5, 0.6) is 0 Å². The predicted octanol–water partition coefficient (Wildman–Crippen LogP) is 2.82. The first-order valence-electron chi connectivity index (χ1n) is 4.75. The fourth-order valence-electron chi connectivity index (χ4n) is 1.18. The standard InChI is InChI=1S/C11H12BrF2NO/c1-7(6-12)15(2)11(16)8-3-9(13)5-10(14)4-8/h3-5,7H,6H2,1-2H3. The number of carbonyl (C=O) groups excluding carboxylic acids is 1. The molecule has 0 fully saturated rings. The van der Waals surface area contributed by atoms with Gasteiger partial charge < -0.3 is 4.90 Å². The molecular weight excluding hydrogens is 280 g/mol. The fourth-order valence-corrected chi connectivity index (χ4v) is 1.62. The molecule has 1 aromatic rings. The molecular formula is C11H12BrF2NO. The highest BCUT2D eigenvalue weighted by Gasteiger charge is 2.17. The molecule has 0 aromatic heterocycles. The maximum atomic E-state index is 12.9. The van der Waals surface area contributed by atoms with Gasteiger partial charge in [0.15, 0.2) is 0 Å². The minimum absolute atomic E-state index is 0.0211. The molecule has 0 bridgehead atoms. The topological polar surface area (TPSA) is 20.3 Å². The molecule has 0 radical (unpaired) electrons. The summed E-state index contributed by atoms with van der Waals surface area (Å²) in [4.78, 5) is 13.3. The van der Waals surface area contributed by atoms with Crippen LogP contribution in [-0.2, 0) is 0 Å². The van der Waals surface area contributed by atoms with E-state index in [9.17, 15) is 13.6 Å². The van der Waals surface area contributed by atoms with E-state index in [0.717, 1.165) is 18.2 Å². The van der Waals surface area contributed by atoms with E-state index in [1.54, 1.807) is 7.05 Å². The number of rotatable bonds is 3. The number of alkyl halides is 1. The summed E-state index contributed by atoms with van der Waals surface area (Å²) in [6, 6.07) is 2.76. The number of amides is 1. The lowest BCUT2D eigenvalue weighted by Gasteiger charge is -2.23. The van der Waals surface area contributed by atoms with E-state index in [1.807, 2.05) is 6.92 Å². The van der Waals surface area contributed by atoms with E-state index < -0.39 is 17.5 Å². The summed E-state index contributed by atoms with van der Waals surface area (Å²) in [5, 5.41) is 0.604. The Balaban J connectivity index is 2.96. The Kier molecular flexibility index (Phi) is 4.41. The molecule has 1 unspecified atom stereocenters. The van der Waals surface area contributed by atoms with Gasteiger partial charge in [-0.2, -0.15) is 0 Å². The summed E-state index contributed by atoms with van der Waals surface area (Å²) in [6.45, 7) is 1.84. The number of hydrogen-bond donors (Lipinski definition) is 0. The number of benzene rings is 1. The number of hydrogen-bond acceptors (Lipinski definition) is 1. The van der Waals surface area contributed by atoms with E-state index in [0.29, 0.717) is 5.33 Å². The van der Waals surface area contributed by atoms with Gasteiger partial charge in [-0.05, 0) is 19.1 Å². The molecule has 0 heterocycles. The Morgan fingerprint density at radius 3 is 2.31 bits per heavy atom. The third kappa shape index (κ3) is 3.01. The van der Waals surface area contributed by atoms with E-state index in [4.69, 9.17) is 0 Å². The van der Waals surface area contributed by atoms with Crippen molar-refractivity contribution in [3.05, 3.63) is 35.4 Å².